The summed E-state index contributed by atoms with van der Waals surface area (Å²) < 4.78 is 35.9. The van der Waals surface area contributed by atoms with Crippen LogP contribution in [0.3, 0.4) is 0 Å². The van der Waals surface area contributed by atoms with E-state index in [1.807, 2.05) is 20.8 Å². The normalized spacial score (nSPS) is 12.1. The van der Waals surface area contributed by atoms with E-state index in [4.69, 9.17) is 9.72 Å². The van der Waals surface area contributed by atoms with Crippen molar-refractivity contribution >= 4 is 26.7 Å². The predicted molar refractivity (Wildman–Crippen MR) is 133 cm³/mol. The summed E-state index contributed by atoms with van der Waals surface area (Å²) in [6.07, 6.45) is 0. The van der Waals surface area contributed by atoms with E-state index in [0.29, 0.717) is 34.6 Å². The number of ether oxygens (including phenoxy) is 1. The van der Waals surface area contributed by atoms with Crippen LogP contribution in [0.5, 0.6) is 11.5 Å². The molecule has 0 aliphatic heterocycles. The van der Waals surface area contributed by atoms with Crippen LogP contribution < -0.4 is 15.0 Å². The molecular formula is C24H27N5O5S. The van der Waals surface area contributed by atoms with Gasteiger partial charge in [0.15, 0.2) is 5.52 Å². The lowest BCUT2D eigenvalue weighted by Crippen LogP contribution is -2.15. The van der Waals surface area contributed by atoms with Gasteiger partial charge in [-0.15, -0.1) is 0 Å². The van der Waals surface area contributed by atoms with Crippen LogP contribution in [0, 0.1) is 0 Å². The fraction of sp³-hybridized carbons (Fsp3) is 0.292. The van der Waals surface area contributed by atoms with Gasteiger partial charge >= 0.3 is 0 Å². The van der Waals surface area contributed by atoms with Crippen molar-refractivity contribution in [2.75, 3.05) is 11.3 Å². The molecule has 0 atom stereocenters. The Kier molecular flexibility index (Phi) is 6.05. The van der Waals surface area contributed by atoms with Crippen molar-refractivity contribution in [2.45, 2.75) is 38.0 Å². The van der Waals surface area contributed by atoms with Gasteiger partial charge in [-0.2, -0.15) is 5.10 Å². The summed E-state index contributed by atoms with van der Waals surface area (Å²) in [5.74, 6) is 0.567. The third kappa shape index (κ3) is 4.72. The fourth-order valence-corrected chi connectivity index (χ4v) is 4.78. The second kappa shape index (κ2) is 8.73. The highest BCUT2D eigenvalue weighted by Crippen LogP contribution is 2.33. The second-order valence-electron chi connectivity index (χ2n) is 9.08. The number of nitrogens with one attached hydrogen (secondary N) is 2. The summed E-state index contributed by atoms with van der Waals surface area (Å²) in [4.78, 5) is 20.4. The number of sulfonamides is 1. The van der Waals surface area contributed by atoms with Crippen molar-refractivity contribution in [1.82, 2.24) is 19.7 Å². The van der Waals surface area contributed by atoms with E-state index in [2.05, 4.69) is 14.8 Å². The number of phenols is 1. The minimum absolute atomic E-state index is 0.0201. The molecule has 2 aromatic heterocycles. The quantitative estimate of drug-likeness (QED) is 0.346. The Morgan fingerprint density at radius 3 is 2.46 bits per heavy atom. The first-order chi connectivity index (χ1) is 16.4. The summed E-state index contributed by atoms with van der Waals surface area (Å²) >= 11 is 0. The number of aromatic amines is 1. The molecule has 0 aliphatic rings. The van der Waals surface area contributed by atoms with Gasteiger partial charge < -0.3 is 14.8 Å². The zero-order chi connectivity index (χ0) is 25.5. The Hall–Kier alpha value is -3.86. The third-order valence-electron chi connectivity index (χ3n) is 5.34. The summed E-state index contributed by atoms with van der Waals surface area (Å²) in [6, 6.07) is 10.0. The monoisotopic (exact) mass is 497 g/mol. The lowest BCUT2D eigenvalue weighted by molar-refractivity contribution is 0.341. The SMILES string of the molecule is CCOc1ccc(S(=O)(=O)Nc2ccc(O)cc2)cc1-c1nc2c(C(C)(C)C)nn(C)c2c(=O)[nH]1. The fourth-order valence-electron chi connectivity index (χ4n) is 3.70. The van der Waals surface area contributed by atoms with Crippen LogP contribution in [0.25, 0.3) is 22.4 Å². The minimum atomic E-state index is -3.99. The van der Waals surface area contributed by atoms with E-state index in [0.717, 1.165) is 0 Å². The molecule has 0 spiro atoms. The molecule has 0 unspecified atom stereocenters. The third-order valence-corrected chi connectivity index (χ3v) is 6.72. The molecule has 0 bridgehead atoms. The Balaban J connectivity index is 1.88. The largest absolute Gasteiger partial charge is 0.508 e. The molecule has 0 fully saturated rings. The highest BCUT2D eigenvalue weighted by atomic mass is 32.2. The van der Waals surface area contributed by atoms with Crippen LogP contribution in [0.4, 0.5) is 5.69 Å². The molecule has 4 rings (SSSR count). The van der Waals surface area contributed by atoms with Crippen molar-refractivity contribution in [1.29, 1.82) is 0 Å². The van der Waals surface area contributed by atoms with Gasteiger partial charge in [-0.05, 0) is 49.4 Å². The van der Waals surface area contributed by atoms with Gasteiger partial charge in [-0.25, -0.2) is 13.4 Å². The molecule has 10 nitrogen and oxygen atoms in total. The number of H-pyrrole nitrogens is 1. The van der Waals surface area contributed by atoms with Gasteiger partial charge in [0.25, 0.3) is 15.6 Å². The van der Waals surface area contributed by atoms with E-state index < -0.39 is 15.6 Å². The summed E-state index contributed by atoms with van der Waals surface area (Å²) in [5, 5.41) is 14.0. The van der Waals surface area contributed by atoms with Crippen LogP contribution in [0.2, 0.25) is 0 Å². The number of rotatable bonds is 6. The first-order valence-corrected chi connectivity index (χ1v) is 12.5. The maximum atomic E-state index is 13.1. The van der Waals surface area contributed by atoms with Crippen molar-refractivity contribution in [2.24, 2.45) is 7.05 Å². The smallest absolute Gasteiger partial charge is 0.277 e. The molecule has 0 amide bonds. The van der Waals surface area contributed by atoms with E-state index in [9.17, 15) is 18.3 Å². The van der Waals surface area contributed by atoms with Gasteiger partial charge in [-0.1, -0.05) is 20.8 Å². The van der Waals surface area contributed by atoms with Crippen LogP contribution in [0.15, 0.2) is 52.2 Å². The molecule has 0 aliphatic carbocycles. The topological polar surface area (TPSA) is 139 Å². The number of anilines is 1. The number of benzene rings is 2. The molecule has 2 aromatic carbocycles. The van der Waals surface area contributed by atoms with Crippen molar-refractivity contribution in [3.8, 4) is 22.9 Å². The van der Waals surface area contributed by atoms with Gasteiger partial charge in [0, 0.05) is 18.2 Å². The van der Waals surface area contributed by atoms with Gasteiger partial charge in [0.05, 0.1) is 22.8 Å². The molecule has 3 N–H and O–H groups in total. The lowest BCUT2D eigenvalue weighted by atomic mass is 9.91. The van der Waals surface area contributed by atoms with E-state index in [1.165, 1.54) is 47.1 Å². The standard InChI is InChI=1S/C24H27N5O5S/c1-6-34-18-12-11-16(35(32,33)28-14-7-9-15(30)10-8-14)13-17(18)22-25-19-20(23(31)26-22)29(5)27-21(19)24(2,3)4/h7-13,28,30H,6H2,1-5H3,(H,25,26,31). The van der Waals surface area contributed by atoms with Crippen molar-refractivity contribution < 1.29 is 18.3 Å². The Morgan fingerprint density at radius 2 is 1.83 bits per heavy atom. The van der Waals surface area contributed by atoms with Crippen LogP contribution >= 0.6 is 0 Å². The number of hydrogen-bond acceptors (Lipinski definition) is 7. The highest BCUT2D eigenvalue weighted by molar-refractivity contribution is 7.92. The van der Waals surface area contributed by atoms with Gasteiger partial charge in [0.2, 0.25) is 0 Å². The van der Waals surface area contributed by atoms with E-state index in [1.54, 1.807) is 14.0 Å². The number of aromatic hydroxyl groups is 1. The Morgan fingerprint density at radius 1 is 1.14 bits per heavy atom. The molecule has 0 radical (unpaired) electrons. The van der Waals surface area contributed by atoms with Crippen molar-refractivity contribution in [3.63, 3.8) is 0 Å². The molecule has 11 heteroatoms. The average Bonchev–Trinajstić information content (AvgIpc) is 3.13. The Labute approximate surface area is 202 Å². The number of fused-ring (bicyclic) bond motifs is 1. The van der Waals surface area contributed by atoms with Crippen LogP contribution in [-0.2, 0) is 22.5 Å². The first kappa shape index (κ1) is 24.3. The summed E-state index contributed by atoms with van der Waals surface area (Å²) in [6.45, 7) is 8.07. The molecule has 184 valence electrons. The van der Waals surface area contributed by atoms with Crippen LogP contribution in [0.1, 0.15) is 33.4 Å². The predicted octanol–water partition coefficient (Wildman–Crippen LogP) is 3.53. The number of aromatic nitrogens is 4. The first-order valence-electron chi connectivity index (χ1n) is 11.0. The molecular weight excluding hydrogens is 470 g/mol. The second-order valence-corrected chi connectivity index (χ2v) is 10.8. The van der Waals surface area contributed by atoms with E-state index >= 15 is 0 Å². The molecule has 0 saturated heterocycles. The minimum Gasteiger partial charge on any atom is -0.508 e. The number of phenolic OH excluding ortho intramolecular Hbond substituents is 1. The van der Waals surface area contributed by atoms with Gasteiger partial charge in [0.1, 0.15) is 22.8 Å². The molecule has 35 heavy (non-hydrogen) atoms. The zero-order valence-corrected chi connectivity index (χ0v) is 20.9. The zero-order valence-electron chi connectivity index (χ0n) is 20.1. The van der Waals surface area contributed by atoms with Crippen molar-refractivity contribution in [3.05, 3.63) is 58.5 Å². The molecule has 4 aromatic rings. The van der Waals surface area contributed by atoms with Crippen LogP contribution in [-0.4, -0.2) is 39.9 Å². The summed E-state index contributed by atoms with van der Waals surface area (Å²) in [5.41, 5.74) is 1.26. The maximum Gasteiger partial charge on any atom is 0.277 e. The Bertz CT molecular complexity index is 1570. The average molecular weight is 498 g/mol. The van der Waals surface area contributed by atoms with Gasteiger partial charge in [-0.3, -0.25) is 14.2 Å². The summed E-state index contributed by atoms with van der Waals surface area (Å²) in [7, 11) is -2.31. The number of nitrogens with zero attached hydrogens (tertiary/aromatic N) is 3. The lowest BCUT2D eigenvalue weighted by Gasteiger charge is -2.16. The number of aryl methyl sites for hydroxylation is 1. The maximum absolute atomic E-state index is 13.1. The van der Waals surface area contributed by atoms with E-state index in [-0.39, 0.29) is 27.6 Å². The molecule has 2 heterocycles. The molecule has 0 saturated carbocycles. The number of hydrogen-bond donors (Lipinski definition) is 3. The highest BCUT2D eigenvalue weighted by Gasteiger charge is 2.26.